The summed E-state index contributed by atoms with van der Waals surface area (Å²) in [5, 5.41) is 0. The maximum atomic E-state index is 11.6. The number of fused-ring (bicyclic) bond motifs is 1. The van der Waals surface area contributed by atoms with Gasteiger partial charge in [0.25, 0.3) is 5.91 Å². The Hall–Kier alpha value is -1.16. The van der Waals surface area contributed by atoms with Crippen molar-refractivity contribution in [2.24, 2.45) is 0 Å². The molecule has 1 aromatic heterocycles. The van der Waals surface area contributed by atoms with E-state index in [0.717, 1.165) is 9.75 Å². The first-order valence-corrected chi connectivity index (χ1v) is 4.81. The molecule has 68 valence electrons. The van der Waals surface area contributed by atoms with E-state index in [4.69, 9.17) is 0 Å². The fourth-order valence-electron chi connectivity index (χ4n) is 1.42. The molecule has 1 aliphatic rings. The average Bonchev–Trinajstić information content (AvgIpc) is 2.42. The van der Waals surface area contributed by atoms with Crippen LogP contribution in [0.5, 0.6) is 0 Å². The molecule has 0 fully saturated rings. The van der Waals surface area contributed by atoms with Crippen molar-refractivity contribution < 1.29 is 9.59 Å². The average molecular weight is 195 g/mol. The van der Waals surface area contributed by atoms with Crippen molar-refractivity contribution in [3.8, 4) is 0 Å². The van der Waals surface area contributed by atoms with Crippen LogP contribution in [0.4, 0.5) is 0 Å². The Morgan fingerprint density at radius 3 is 2.85 bits per heavy atom. The van der Waals surface area contributed by atoms with E-state index in [2.05, 4.69) is 0 Å². The van der Waals surface area contributed by atoms with Crippen LogP contribution in [0.3, 0.4) is 0 Å². The Morgan fingerprint density at radius 1 is 1.46 bits per heavy atom. The van der Waals surface area contributed by atoms with Gasteiger partial charge in [-0.1, -0.05) is 0 Å². The minimum atomic E-state index is -0.171. The zero-order valence-electron chi connectivity index (χ0n) is 7.46. The first-order valence-electron chi connectivity index (χ1n) is 4.00. The van der Waals surface area contributed by atoms with Gasteiger partial charge in [-0.05, 0) is 13.0 Å². The summed E-state index contributed by atoms with van der Waals surface area (Å²) in [5.41, 5.74) is 0.699. The Morgan fingerprint density at radius 2 is 2.15 bits per heavy atom. The number of imide groups is 1. The lowest BCUT2D eigenvalue weighted by atomic mass is 10.1. The van der Waals surface area contributed by atoms with Gasteiger partial charge in [0.1, 0.15) is 0 Å². The van der Waals surface area contributed by atoms with Crippen molar-refractivity contribution >= 4 is 23.2 Å². The molecule has 0 spiro atoms. The second kappa shape index (κ2) is 2.67. The number of hydrogen-bond acceptors (Lipinski definition) is 3. The Balaban J connectivity index is 2.54. The summed E-state index contributed by atoms with van der Waals surface area (Å²) in [6.45, 7) is 1.95. The molecule has 0 saturated carbocycles. The molecular weight excluding hydrogens is 186 g/mol. The molecule has 4 heteroatoms. The molecule has 0 atom stereocenters. The highest BCUT2D eigenvalue weighted by atomic mass is 32.1. The van der Waals surface area contributed by atoms with Crippen LogP contribution in [0.15, 0.2) is 6.07 Å². The number of rotatable bonds is 0. The predicted octanol–water partition coefficient (Wildman–Crippen LogP) is 1.21. The molecule has 2 heterocycles. The van der Waals surface area contributed by atoms with Crippen LogP contribution in [0.1, 0.15) is 20.1 Å². The lowest BCUT2D eigenvalue weighted by Crippen LogP contribution is -2.38. The van der Waals surface area contributed by atoms with Crippen LogP contribution >= 0.6 is 11.3 Å². The molecule has 0 aliphatic carbocycles. The van der Waals surface area contributed by atoms with Gasteiger partial charge in [-0.25, -0.2) is 0 Å². The highest BCUT2D eigenvalue weighted by molar-refractivity contribution is 7.12. The lowest BCUT2D eigenvalue weighted by molar-refractivity contribution is -0.127. The largest absolute Gasteiger partial charge is 0.281 e. The van der Waals surface area contributed by atoms with Crippen molar-refractivity contribution in [1.82, 2.24) is 4.90 Å². The molecule has 0 bridgehead atoms. The van der Waals surface area contributed by atoms with Gasteiger partial charge in [0.15, 0.2) is 0 Å². The standard InChI is InChI=1S/C9H9NO2S/c1-5-3-6-7(13-5)4-8(11)10(2)9(6)12/h3H,4H2,1-2H3. The molecule has 0 aromatic carbocycles. The Bertz CT molecular complexity index is 394. The summed E-state index contributed by atoms with van der Waals surface area (Å²) < 4.78 is 0. The van der Waals surface area contributed by atoms with E-state index in [1.54, 1.807) is 0 Å². The van der Waals surface area contributed by atoms with Crippen LogP contribution in [0.2, 0.25) is 0 Å². The number of hydrogen-bond donors (Lipinski definition) is 0. The van der Waals surface area contributed by atoms with Gasteiger partial charge in [-0.3, -0.25) is 14.5 Å². The first-order chi connectivity index (χ1) is 6.09. The quantitative estimate of drug-likeness (QED) is 0.583. The molecule has 1 aromatic rings. The zero-order valence-corrected chi connectivity index (χ0v) is 8.27. The molecule has 1 aliphatic heterocycles. The first kappa shape index (κ1) is 8.44. The molecule has 0 saturated heterocycles. The third-order valence-electron chi connectivity index (χ3n) is 2.15. The van der Waals surface area contributed by atoms with E-state index in [1.165, 1.54) is 23.3 Å². The second-order valence-electron chi connectivity index (χ2n) is 3.13. The van der Waals surface area contributed by atoms with Gasteiger partial charge in [0, 0.05) is 16.8 Å². The van der Waals surface area contributed by atoms with Crippen LogP contribution < -0.4 is 0 Å². The lowest BCUT2D eigenvalue weighted by Gasteiger charge is -2.19. The van der Waals surface area contributed by atoms with Gasteiger partial charge in [-0.2, -0.15) is 0 Å². The van der Waals surface area contributed by atoms with E-state index in [-0.39, 0.29) is 11.8 Å². The summed E-state index contributed by atoms with van der Waals surface area (Å²) in [6, 6.07) is 1.85. The molecule has 13 heavy (non-hydrogen) atoms. The summed E-state index contributed by atoms with van der Waals surface area (Å²) in [7, 11) is 1.53. The monoisotopic (exact) mass is 195 g/mol. The molecule has 0 N–H and O–H groups in total. The smallest absolute Gasteiger partial charge is 0.261 e. The molecule has 0 unspecified atom stereocenters. The zero-order chi connectivity index (χ0) is 9.59. The number of amides is 2. The highest BCUT2D eigenvalue weighted by Crippen LogP contribution is 2.27. The van der Waals surface area contributed by atoms with Crippen molar-refractivity contribution in [3.05, 3.63) is 21.4 Å². The Labute approximate surface area is 80.0 Å². The number of aryl methyl sites for hydroxylation is 1. The van der Waals surface area contributed by atoms with Crippen molar-refractivity contribution in [2.45, 2.75) is 13.3 Å². The van der Waals surface area contributed by atoms with E-state index >= 15 is 0 Å². The van der Waals surface area contributed by atoms with Gasteiger partial charge in [0.05, 0.1) is 12.0 Å². The molecule has 2 rings (SSSR count). The van der Waals surface area contributed by atoms with E-state index < -0.39 is 0 Å². The maximum absolute atomic E-state index is 11.6. The van der Waals surface area contributed by atoms with Crippen LogP contribution in [0, 0.1) is 6.92 Å². The van der Waals surface area contributed by atoms with E-state index in [0.29, 0.717) is 12.0 Å². The number of nitrogens with zero attached hydrogens (tertiary/aromatic N) is 1. The molecular formula is C9H9NO2S. The van der Waals surface area contributed by atoms with Gasteiger partial charge >= 0.3 is 0 Å². The second-order valence-corrected chi connectivity index (χ2v) is 4.47. The van der Waals surface area contributed by atoms with Crippen LogP contribution in [-0.4, -0.2) is 23.8 Å². The van der Waals surface area contributed by atoms with Crippen molar-refractivity contribution in [1.29, 1.82) is 0 Å². The highest BCUT2D eigenvalue weighted by Gasteiger charge is 2.29. The van der Waals surface area contributed by atoms with Crippen LogP contribution in [-0.2, 0) is 11.2 Å². The normalized spacial score (nSPS) is 16.3. The summed E-state index contributed by atoms with van der Waals surface area (Å²) in [4.78, 5) is 26.0. The number of carbonyl (C=O) groups is 2. The van der Waals surface area contributed by atoms with E-state index in [9.17, 15) is 9.59 Å². The topological polar surface area (TPSA) is 37.4 Å². The van der Waals surface area contributed by atoms with Crippen LogP contribution in [0.25, 0.3) is 0 Å². The number of likely N-dealkylation sites (N-methyl/N-ethyl adjacent to an activating group) is 1. The summed E-state index contributed by atoms with van der Waals surface area (Å²) in [5.74, 6) is -0.282. The third kappa shape index (κ3) is 1.18. The minimum Gasteiger partial charge on any atom is -0.281 e. The van der Waals surface area contributed by atoms with E-state index in [1.807, 2.05) is 13.0 Å². The van der Waals surface area contributed by atoms with Gasteiger partial charge < -0.3 is 0 Å². The van der Waals surface area contributed by atoms with Gasteiger partial charge in [-0.15, -0.1) is 11.3 Å². The van der Waals surface area contributed by atoms with Crippen molar-refractivity contribution in [3.63, 3.8) is 0 Å². The predicted molar refractivity (Wildman–Crippen MR) is 49.9 cm³/mol. The number of thiophene rings is 1. The molecule has 0 radical (unpaired) electrons. The molecule has 2 amide bonds. The fraction of sp³-hybridized carbons (Fsp3) is 0.333. The Kier molecular flexibility index (Phi) is 1.73. The fourth-order valence-corrected chi connectivity index (χ4v) is 2.44. The minimum absolute atomic E-state index is 0.112. The van der Waals surface area contributed by atoms with Crippen molar-refractivity contribution in [2.75, 3.05) is 7.05 Å². The molecule has 3 nitrogen and oxygen atoms in total. The summed E-state index contributed by atoms with van der Waals surface area (Å²) in [6.07, 6.45) is 0.371. The SMILES string of the molecule is Cc1cc2c(s1)CC(=O)N(C)C2=O. The number of carbonyl (C=O) groups excluding carboxylic acids is 2. The maximum Gasteiger partial charge on any atom is 0.261 e. The van der Waals surface area contributed by atoms with Gasteiger partial charge in [0.2, 0.25) is 5.91 Å². The summed E-state index contributed by atoms with van der Waals surface area (Å²) >= 11 is 1.53. The third-order valence-corrected chi connectivity index (χ3v) is 3.20.